The number of aromatic hydroxyl groups is 4. The van der Waals surface area contributed by atoms with Gasteiger partial charge in [-0.2, -0.15) is 0 Å². The molecule has 0 saturated heterocycles. The predicted molar refractivity (Wildman–Crippen MR) is 240 cm³/mol. The molecule has 0 aliphatic carbocycles. The van der Waals surface area contributed by atoms with Crippen LogP contribution in [0.15, 0.2) is 36.4 Å². The Morgan fingerprint density at radius 2 is 0.917 bits per heavy atom. The average molecular weight is 846 g/mol. The van der Waals surface area contributed by atoms with Crippen LogP contribution in [-0.2, 0) is 22.4 Å². The van der Waals surface area contributed by atoms with Crippen LogP contribution in [0.2, 0.25) is 0 Å². The van der Waals surface area contributed by atoms with Gasteiger partial charge in [0.05, 0.1) is 6.67 Å². The Morgan fingerprint density at radius 3 is 1.40 bits per heavy atom. The van der Waals surface area contributed by atoms with E-state index in [1.165, 1.54) is 24.3 Å². The molecule has 342 valence electrons. The summed E-state index contributed by atoms with van der Waals surface area (Å²) in [7, 11) is 0. The van der Waals surface area contributed by atoms with E-state index in [4.69, 9.17) is 11.5 Å². The lowest BCUT2D eigenvalue weighted by atomic mass is 10.1. The number of nitrogens with two attached hydrogens (primary N) is 2. The van der Waals surface area contributed by atoms with E-state index < -0.39 is 0 Å². The summed E-state index contributed by atoms with van der Waals surface area (Å²) in [4.78, 5) is 34.7. The van der Waals surface area contributed by atoms with E-state index in [0.29, 0.717) is 58.5 Å². The van der Waals surface area contributed by atoms with Crippen molar-refractivity contribution in [2.24, 2.45) is 11.5 Å². The second-order valence-corrected chi connectivity index (χ2v) is 15.2. The summed E-state index contributed by atoms with van der Waals surface area (Å²) in [5.74, 6) is -0.800. The highest BCUT2D eigenvalue weighted by Crippen LogP contribution is 2.26. The number of aryl methyl sites for hydroxylation is 2. The SMILES string of the molecule is CCCNCCN(CCN(CCNCCN)CCNCCN(CCC)CCNC(=O)CCc1ccc(O)c(O)c1)CN(CCN)CCNC(=O)CCc1ccc(O)c(O)c1. The van der Waals surface area contributed by atoms with Gasteiger partial charge in [-0.1, -0.05) is 26.0 Å². The van der Waals surface area contributed by atoms with Crippen molar-refractivity contribution in [1.29, 1.82) is 0 Å². The molecule has 0 bridgehead atoms. The molecule has 0 unspecified atom stereocenters. The number of nitrogens with zero attached hydrogens (tertiary/aromatic N) is 4. The maximum Gasteiger partial charge on any atom is 0.220 e. The Bertz CT molecular complexity index is 1440. The Balaban J connectivity index is 1.84. The zero-order valence-corrected chi connectivity index (χ0v) is 36.6. The average Bonchev–Trinajstić information content (AvgIpc) is 3.23. The highest BCUT2D eigenvalue weighted by Gasteiger charge is 2.15. The van der Waals surface area contributed by atoms with E-state index >= 15 is 0 Å². The lowest BCUT2D eigenvalue weighted by Crippen LogP contribution is -2.48. The van der Waals surface area contributed by atoms with Crippen LogP contribution in [0.25, 0.3) is 0 Å². The molecule has 0 fully saturated rings. The van der Waals surface area contributed by atoms with Crippen molar-refractivity contribution in [1.82, 2.24) is 46.2 Å². The summed E-state index contributed by atoms with van der Waals surface area (Å²) >= 11 is 0. The molecule has 0 heterocycles. The lowest BCUT2D eigenvalue weighted by molar-refractivity contribution is -0.121. The van der Waals surface area contributed by atoms with Gasteiger partial charge in [-0.15, -0.1) is 0 Å². The fourth-order valence-electron chi connectivity index (χ4n) is 6.69. The number of hydrogen-bond donors (Lipinski definition) is 11. The first-order chi connectivity index (χ1) is 29.1. The van der Waals surface area contributed by atoms with E-state index in [1.807, 2.05) is 0 Å². The van der Waals surface area contributed by atoms with Crippen LogP contribution in [0.3, 0.4) is 0 Å². The summed E-state index contributed by atoms with van der Waals surface area (Å²) in [5.41, 5.74) is 13.4. The number of benzene rings is 2. The predicted octanol–water partition coefficient (Wildman–Crippen LogP) is -0.0215. The standard InChI is InChI=1S/C43H79N11O6/c1-3-15-46-20-28-54(35-53(24-14-45)30-22-50-43(60)12-8-37-6-10-39(56)41(58)34-37)32-31-52(26-17-47-16-13-44)27-19-48-18-25-51(23-4-2)29-21-49-42(59)11-7-36-5-9-38(55)40(57)33-36/h5-6,9-10,33-34,46-48,55-58H,3-4,7-8,11-32,35,44-45H2,1-2H3,(H,49,59)(H,50,60). The molecule has 17 nitrogen and oxygen atoms in total. The summed E-state index contributed by atoms with van der Waals surface area (Å²) < 4.78 is 0. The third kappa shape index (κ3) is 24.5. The van der Waals surface area contributed by atoms with Crippen molar-refractivity contribution in [2.45, 2.75) is 52.4 Å². The third-order valence-corrected chi connectivity index (χ3v) is 10.1. The molecule has 0 saturated carbocycles. The number of rotatable bonds is 37. The fraction of sp³-hybridized carbons (Fsp3) is 0.674. The summed E-state index contributed by atoms with van der Waals surface area (Å²) in [6, 6.07) is 9.27. The van der Waals surface area contributed by atoms with Crippen LogP contribution in [0, 0.1) is 0 Å². The van der Waals surface area contributed by atoms with E-state index in [9.17, 15) is 30.0 Å². The van der Waals surface area contributed by atoms with Crippen LogP contribution in [0.1, 0.15) is 50.7 Å². The van der Waals surface area contributed by atoms with E-state index in [1.54, 1.807) is 12.1 Å². The smallest absolute Gasteiger partial charge is 0.220 e. The molecule has 17 heteroatoms. The minimum absolute atomic E-state index is 0.0347. The van der Waals surface area contributed by atoms with Crippen LogP contribution in [0.4, 0.5) is 0 Å². The van der Waals surface area contributed by atoms with Crippen molar-refractivity contribution >= 4 is 11.8 Å². The second-order valence-electron chi connectivity index (χ2n) is 15.2. The highest BCUT2D eigenvalue weighted by atomic mass is 16.3. The molecule has 0 aromatic heterocycles. The van der Waals surface area contributed by atoms with Gasteiger partial charge in [-0.05, 0) is 74.2 Å². The van der Waals surface area contributed by atoms with Gasteiger partial charge in [0, 0.05) is 131 Å². The molecule has 0 radical (unpaired) electrons. The second kappa shape index (κ2) is 32.9. The Kier molecular flexibility index (Phi) is 28.7. The van der Waals surface area contributed by atoms with Gasteiger partial charge in [0.25, 0.3) is 0 Å². The molecule has 0 aliphatic rings. The molecule has 2 aromatic carbocycles. The van der Waals surface area contributed by atoms with Crippen LogP contribution >= 0.6 is 0 Å². The van der Waals surface area contributed by atoms with Crippen molar-refractivity contribution in [3.8, 4) is 23.0 Å². The Hall–Kier alpha value is -3.78. The van der Waals surface area contributed by atoms with Crippen LogP contribution < -0.4 is 38.1 Å². The van der Waals surface area contributed by atoms with Gasteiger partial charge >= 0.3 is 0 Å². The van der Waals surface area contributed by atoms with Crippen LogP contribution in [-0.4, -0.2) is 189 Å². The van der Waals surface area contributed by atoms with Gasteiger partial charge in [-0.25, -0.2) is 0 Å². The van der Waals surface area contributed by atoms with Gasteiger partial charge in [-0.3, -0.25) is 24.3 Å². The molecule has 0 spiro atoms. The number of hydrogen-bond acceptors (Lipinski definition) is 15. The van der Waals surface area contributed by atoms with E-state index in [2.05, 4.69) is 60.0 Å². The zero-order valence-electron chi connectivity index (χ0n) is 36.6. The van der Waals surface area contributed by atoms with E-state index in [-0.39, 0.29) is 41.2 Å². The number of phenolic OH excluding ortho intramolecular Hbond substituents is 4. The molecule has 2 aromatic rings. The number of nitrogens with one attached hydrogen (secondary N) is 5. The van der Waals surface area contributed by atoms with Gasteiger partial charge < -0.3 is 63.4 Å². The van der Waals surface area contributed by atoms with Gasteiger partial charge in [0.1, 0.15) is 0 Å². The Morgan fingerprint density at radius 1 is 0.483 bits per heavy atom. The number of carbonyl (C=O) groups excluding carboxylic acids is 2. The van der Waals surface area contributed by atoms with Crippen LogP contribution in [0.5, 0.6) is 23.0 Å². The number of carbonyl (C=O) groups is 2. The summed E-state index contributed by atoms with van der Waals surface area (Å²) in [5, 5.41) is 55.2. The van der Waals surface area contributed by atoms with E-state index in [0.717, 1.165) is 122 Å². The fourth-order valence-corrected chi connectivity index (χ4v) is 6.69. The molecular formula is C43H79N11O6. The minimum atomic E-state index is -0.185. The van der Waals surface area contributed by atoms with Crippen molar-refractivity contribution < 1.29 is 30.0 Å². The first kappa shape index (κ1) is 52.4. The normalized spacial score (nSPS) is 11.7. The third-order valence-electron chi connectivity index (χ3n) is 10.1. The molecule has 0 atom stereocenters. The first-order valence-electron chi connectivity index (χ1n) is 22.0. The maximum absolute atomic E-state index is 12.6. The number of phenols is 4. The van der Waals surface area contributed by atoms with Crippen molar-refractivity contribution in [3.05, 3.63) is 47.5 Å². The first-order valence-corrected chi connectivity index (χ1v) is 22.0. The topological polar surface area (TPSA) is 240 Å². The molecule has 2 amide bonds. The molecule has 13 N–H and O–H groups in total. The molecule has 60 heavy (non-hydrogen) atoms. The zero-order chi connectivity index (χ0) is 43.8. The molecular weight excluding hydrogens is 767 g/mol. The number of amides is 2. The minimum Gasteiger partial charge on any atom is -0.504 e. The van der Waals surface area contributed by atoms with Crippen molar-refractivity contribution in [3.63, 3.8) is 0 Å². The van der Waals surface area contributed by atoms with Gasteiger partial charge in [0.2, 0.25) is 11.8 Å². The molecule has 0 aliphatic heterocycles. The summed E-state index contributed by atoms with van der Waals surface area (Å²) in [6.07, 6.45) is 3.66. The van der Waals surface area contributed by atoms with Crippen molar-refractivity contribution in [2.75, 3.05) is 138 Å². The molecule has 2 rings (SSSR count). The lowest BCUT2D eigenvalue weighted by Gasteiger charge is -2.32. The highest BCUT2D eigenvalue weighted by molar-refractivity contribution is 5.76. The monoisotopic (exact) mass is 846 g/mol. The quantitative estimate of drug-likeness (QED) is 0.0244. The maximum atomic E-state index is 12.6. The summed E-state index contributed by atoms with van der Waals surface area (Å²) in [6.45, 7) is 20.9. The van der Waals surface area contributed by atoms with Gasteiger partial charge in [0.15, 0.2) is 23.0 Å². The Labute approximate surface area is 359 Å². The largest absolute Gasteiger partial charge is 0.504 e.